The largest absolute Gasteiger partial charge is 0.456 e. The molecule has 0 spiro atoms. The highest BCUT2D eigenvalue weighted by Crippen LogP contribution is 2.38. The Morgan fingerprint density at radius 3 is 2.72 bits per heavy atom. The third kappa shape index (κ3) is 3.96. The number of nitrogens with zero attached hydrogens (tertiary/aromatic N) is 3. The maximum Gasteiger partial charge on any atom is 0.326 e. The van der Waals surface area contributed by atoms with Crippen molar-refractivity contribution in [3.8, 4) is 0 Å². The number of aryl methyl sites for hydroxylation is 1. The molecule has 4 rings (SSSR count). The second kappa shape index (κ2) is 8.06. The fourth-order valence-corrected chi connectivity index (χ4v) is 4.37. The van der Waals surface area contributed by atoms with Gasteiger partial charge in [0.2, 0.25) is 5.78 Å². The van der Waals surface area contributed by atoms with E-state index in [1.54, 1.807) is 11.8 Å². The lowest BCUT2D eigenvalue weighted by atomic mass is 10.1. The maximum absolute atomic E-state index is 12.6. The summed E-state index contributed by atoms with van der Waals surface area (Å²) in [5.41, 5.74) is 4.46. The molecule has 0 aliphatic heterocycles. The topological polar surface area (TPSA) is 66.1 Å². The van der Waals surface area contributed by atoms with Gasteiger partial charge in [0.1, 0.15) is 12.4 Å². The zero-order valence-electron chi connectivity index (χ0n) is 17.0. The van der Waals surface area contributed by atoms with Gasteiger partial charge in [0.15, 0.2) is 6.61 Å². The van der Waals surface area contributed by atoms with Gasteiger partial charge in [-0.15, -0.1) is 0 Å². The predicted octanol–water partition coefficient (Wildman–Crippen LogP) is 4.08. The first-order chi connectivity index (χ1) is 14.0. The maximum atomic E-state index is 12.6. The number of Topliss-reactive ketones (excluding diaryl/α,β-unsaturated/α-hetero) is 1. The third-order valence-electron chi connectivity index (χ3n) is 5.36. The van der Waals surface area contributed by atoms with Crippen molar-refractivity contribution in [1.29, 1.82) is 0 Å². The van der Waals surface area contributed by atoms with Gasteiger partial charge in [0.05, 0.1) is 16.8 Å². The Bertz CT molecular complexity index is 1080. The van der Waals surface area contributed by atoms with Gasteiger partial charge in [-0.2, -0.15) is 11.8 Å². The van der Waals surface area contributed by atoms with E-state index in [9.17, 15) is 9.59 Å². The van der Waals surface area contributed by atoms with Crippen molar-refractivity contribution < 1.29 is 14.3 Å². The van der Waals surface area contributed by atoms with Crippen LogP contribution < -0.4 is 0 Å². The summed E-state index contributed by atoms with van der Waals surface area (Å²) in [7, 11) is 0. The van der Waals surface area contributed by atoms with Crippen LogP contribution in [0.3, 0.4) is 0 Å². The van der Waals surface area contributed by atoms with Crippen LogP contribution in [0.4, 0.5) is 0 Å². The lowest BCUT2D eigenvalue weighted by Crippen LogP contribution is -2.19. The molecule has 1 fully saturated rings. The Morgan fingerprint density at radius 1 is 1.24 bits per heavy atom. The summed E-state index contributed by atoms with van der Waals surface area (Å²) in [6, 6.07) is 10.1. The van der Waals surface area contributed by atoms with Crippen molar-refractivity contribution in [2.24, 2.45) is 0 Å². The molecule has 1 aliphatic carbocycles. The number of para-hydroxylation sites is 2. The van der Waals surface area contributed by atoms with E-state index in [4.69, 9.17) is 4.74 Å². The van der Waals surface area contributed by atoms with Crippen LogP contribution in [0.1, 0.15) is 46.5 Å². The van der Waals surface area contributed by atoms with Gasteiger partial charge in [0, 0.05) is 23.0 Å². The lowest BCUT2D eigenvalue weighted by Gasteiger charge is -2.09. The number of carbonyl (C=O) groups excluding carboxylic acids is 2. The molecular weight excluding hydrogens is 386 g/mol. The normalized spacial score (nSPS) is 13.8. The smallest absolute Gasteiger partial charge is 0.326 e. The number of thioether (sulfide) groups is 1. The van der Waals surface area contributed by atoms with E-state index < -0.39 is 5.97 Å². The van der Waals surface area contributed by atoms with Gasteiger partial charge in [-0.25, -0.2) is 4.98 Å². The SMILES string of the molecule is CSCc1nc2ccccc2n1CC(=O)OCC(=O)c1cc(C)n(C2CC2)c1C. The minimum Gasteiger partial charge on any atom is -0.456 e. The standard InChI is InChI=1S/C22H25N3O3S/c1-14-10-17(15(2)25(14)16-8-9-16)20(26)12-28-22(27)11-24-19-7-5-4-6-18(19)23-21(24)13-29-3/h4-7,10,16H,8-9,11-13H2,1-3H3. The van der Waals surface area contributed by atoms with E-state index in [0.717, 1.165) is 41.1 Å². The molecule has 0 radical (unpaired) electrons. The predicted molar refractivity (Wildman–Crippen MR) is 114 cm³/mol. The molecule has 1 saturated carbocycles. The number of imidazole rings is 1. The van der Waals surface area contributed by atoms with Gasteiger partial charge in [-0.05, 0) is 51.1 Å². The molecule has 1 aromatic carbocycles. The van der Waals surface area contributed by atoms with Gasteiger partial charge in [0.25, 0.3) is 0 Å². The molecule has 2 heterocycles. The number of fused-ring (bicyclic) bond motifs is 1. The summed E-state index contributed by atoms with van der Waals surface area (Å²) >= 11 is 1.65. The molecule has 0 N–H and O–H groups in total. The highest BCUT2D eigenvalue weighted by molar-refractivity contribution is 7.97. The number of ketones is 1. The number of hydrogen-bond donors (Lipinski definition) is 0. The zero-order chi connectivity index (χ0) is 20.5. The van der Waals surface area contributed by atoms with Crippen molar-refractivity contribution >= 4 is 34.5 Å². The van der Waals surface area contributed by atoms with E-state index >= 15 is 0 Å². The number of benzene rings is 1. The summed E-state index contributed by atoms with van der Waals surface area (Å²) in [5, 5.41) is 0. The van der Waals surface area contributed by atoms with E-state index in [-0.39, 0.29) is 18.9 Å². The second-order valence-electron chi connectivity index (χ2n) is 7.51. The quantitative estimate of drug-likeness (QED) is 0.413. The average Bonchev–Trinajstić information content (AvgIpc) is 3.41. The number of carbonyl (C=O) groups is 2. The van der Waals surface area contributed by atoms with Crippen LogP contribution in [0.2, 0.25) is 0 Å². The highest BCUT2D eigenvalue weighted by atomic mass is 32.2. The van der Waals surface area contributed by atoms with E-state index in [1.165, 1.54) is 0 Å². The summed E-state index contributed by atoms with van der Waals surface area (Å²) < 4.78 is 9.44. The van der Waals surface area contributed by atoms with Crippen LogP contribution in [0.5, 0.6) is 0 Å². The van der Waals surface area contributed by atoms with Crippen molar-refractivity contribution in [3.05, 3.63) is 53.1 Å². The summed E-state index contributed by atoms with van der Waals surface area (Å²) in [6.07, 6.45) is 4.32. The molecule has 7 heteroatoms. The fraction of sp³-hybridized carbons (Fsp3) is 0.409. The Kier molecular flexibility index (Phi) is 5.50. The van der Waals surface area contributed by atoms with Crippen LogP contribution in [-0.2, 0) is 21.8 Å². The van der Waals surface area contributed by atoms with Crippen molar-refractivity contribution in [1.82, 2.24) is 14.1 Å². The summed E-state index contributed by atoms with van der Waals surface area (Å²) in [5.74, 6) is 0.946. The van der Waals surface area contributed by atoms with Gasteiger partial charge in [-0.3, -0.25) is 9.59 Å². The van der Waals surface area contributed by atoms with Crippen molar-refractivity contribution in [2.75, 3.05) is 12.9 Å². The minimum atomic E-state index is -0.431. The molecule has 0 amide bonds. The van der Waals surface area contributed by atoms with Crippen LogP contribution in [0.15, 0.2) is 30.3 Å². The number of aromatic nitrogens is 3. The summed E-state index contributed by atoms with van der Waals surface area (Å²) in [6.45, 7) is 3.79. The van der Waals surface area contributed by atoms with Gasteiger partial charge < -0.3 is 13.9 Å². The fourth-order valence-electron chi connectivity index (χ4n) is 3.89. The first kappa shape index (κ1) is 19.8. The van der Waals surface area contributed by atoms with Gasteiger partial charge in [-0.1, -0.05) is 12.1 Å². The Balaban J connectivity index is 1.44. The molecule has 6 nitrogen and oxygen atoms in total. The highest BCUT2D eigenvalue weighted by Gasteiger charge is 2.28. The molecular formula is C22H25N3O3S. The number of ether oxygens (including phenoxy) is 1. The second-order valence-corrected chi connectivity index (χ2v) is 8.37. The molecule has 152 valence electrons. The molecule has 3 aromatic rings. The summed E-state index contributed by atoms with van der Waals surface area (Å²) in [4.78, 5) is 29.7. The van der Waals surface area contributed by atoms with Crippen molar-refractivity contribution in [2.45, 2.75) is 45.0 Å². The molecule has 0 saturated heterocycles. The lowest BCUT2D eigenvalue weighted by molar-refractivity contribution is -0.143. The first-order valence-corrected chi connectivity index (χ1v) is 11.2. The monoisotopic (exact) mass is 411 g/mol. The molecule has 2 aromatic heterocycles. The Labute approximate surface area is 174 Å². The third-order valence-corrected chi connectivity index (χ3v) is 5.90. The number of rotatable bonds is 8. The van der Waals surface area contributed by atoms with Crippen LogP contribution in [0, 0.1) is 13.8 Å². The molecule has 1 aliphatic rings. The van der Waals surface area contributed by atoms with E-state index in [0.29, 0.717) is 17.4 Å². The van der Waals surface area contributed by atoms with E-state index in [2.05, 4.69) is 9.55 Å². The van der Waals surface area contributed by atoms with Crippen LogP contribution in [0.25, 0.3) is 11.0 Å². The van der Waals surface area contributed by atoms with Crippen LogP contribution >= 0.6 is 11.8 Å². The minimum absolute atomic E-state index is 0.0464. The molecule has 29 heavy (non-hydrogen) atoms. The first-order valence-electron chi connectivity index (χ1n) is 9.80. The number of esters is 1. The number of hydrogen-bond acceptors (Lipinski definition) is 5. The molecule has 0 atom stereocenters. The average molecular weight is 412 g/mol. The Hall–Kier alpha value is -2.54. The van der Waals surface area contributed by atoms with E-state index in [1.807, 2.05) is 55.0 Å². The van der Waals surface area contributed by atoms with Crippen molar-refractivity contribution in [3.63, 3.8) is 0 Å². The van der Waals surface area contributed by atoms with Gasteiger partial charge >= 0.3 is 5.97 Å². The Morgan fingerprint density at radius 2 is 2.00 bits per heavy atom. The zero-order valence-corrected chi connectivity index (χ0v) is 17.8. The molecule has 0 unspecified atom stereocenters. The van der Waals surface area contributed by atoms with Crippen LogP contribution in [-0.4, -0.2) is 38.7 Å². The molecule has 0 bridgehead atoms.